The molecule has 2 unspecified atom stereocenters. The van der Waals surface area contributed by atoms with Gasteiger partial charge in [0.05, 0.1) is 12.0 Å². The maximum atomic E-state index is 11.4. The Morgan fingerprint density at radius 3 is 1.24 bits per heavy atom. The van der Waals surface area contributed by atoms with Crippen LogP contribution in [0, 0.1) is 5.92 Å². The van der Waals surface area contributed by atoms with E-state index in [1.54, 1.807) is 0 Å². The van der Waals surface area contributed by atoms with Gasteiger partial charge in [-0.2, -0.15) is 0 Å². The number of aliphatic hydroxyl groups is 1. The Morgan fingerprint density at radius 1 is 0.552 bits per heavy atom. The lowest BCUT2D eigenvalue weighted by molar-refractivity contribution is -0.142. The Hall–Kier alpha value is -0.570. The molecule has 0 aliphatic heterocycles. The average Bonchev–Trinajstić information content (AvgIpc) is 2.70. The Bertz CT molecular complexity index is 343. The van der Waals surface area contributed by atoms with Crippen LogP contribution in [0.1, 0.15) is 149 Å². The summed E-state index contributed by atoms with van der Waals surface area (Å²) in [6.07, 6.45) is 24.3. The van der Waals surface area contributed by atoms with Crippen LogP contribution in [0.2, 0.25) is 0 Å². The van der Waals surface area contributed by atoms with Crippen LogP contribution in [0.4, 0.5) is 0 Å². The van der Waals surface area contributed by atoms with Crippen LogP contribution < -0.4 is 0 Å². The second-order valence-electron chi connectivity index (χ2n) is 9.15. The number of carboxylic acid groups (broad SMARTS) is 1. The Kier molecular flexibility index (Phi) is 21.7. The van der Waals surface area contributed by atoms with Crippen molar-refractivity contribution < 1.29 is 15.0 Å². The van der Waals surface area contributed by atoms with Gasteiger partial charge >= 0.3 is 5.97 Å². The summed E-state index contributed by atoms with van der Waals surface area (Å²) < 4.78 is 0. The fourth-order valence-corrected chi connectivity index (χ4v) is 4.17. The molecule has 0 aromatic heterocycles. The highest BCUT2D eigenvalue weighted by Gasteiger charge is 2.16. The van der Waals surface area contributed by atoms with E-state index in [9.17, 15) is 15.0 Å². The highest BCUT2D eigenvalue weighted by Crippen LogP contribution is 2.20. The SMILES string of the molecule is CCCCCCCCC(CCCCCCCCCC(O)CCCCCC)C(=O)O. The Balaban J connectivity index is 3.48. The molecule has 3 heteroatoms. The van der Waals surface area contributed by atoms with Crippen molar-refractivity contribution in [2.75, 3.05) is 0 Å². The van der Waals surface area contributed by atoms with E-state index < -0.39 is 5.97 Å². The highest BCUT2D eigenvalue weighted by molar-refractivity contribution is 5.69. The lowest BCUT2D eigenvalue weighted by Crippen LogP contribution is -2.13. The van der Waals surface area contributed by atoms with E-state index in [4.69, 9.17) is 0 Å². The standard InChI is InChI=1S/C26H52O3/c1-3-5-7-9-13-16-20-24(26(28)29)21-17-14-11-10-12-15-19-23-25(27)22-18-8-6-4-2/h24-25,27H,3-23H2,1-2H3,(H,28,29). The number of aliphatic hydroxyl groups excluding tert-OH is 1. The van der Waals surface area contributed by atoms with Crippen LogP contribution >= 0.6 is 0 Å². The minimum Gasteiger partial charge on any atom is -0.481 e. The van der Waals surface area contributed by atoms with Gasteiger partial charge in [-0.3, -0.25) is 4.79 Å². The normalized spacial score (nSPS) is 13.5. The van der Waals surface area contributed by atoms with Gasteiger partial charge in [0.1, 0.15) is 0 Å². The maximum Gasteiger partial charge on any atom is 0.306 e. The van der Waals surface area contributed by atoms with Crippen LogP contribution in [-0.2, 0) is 4.79 Å². The molecule has 2 atom stereocenters. The quantitative estimate of drug-likeness (QED) is 0.166. The summed E-state index contributed by atoms with van der Waals surface area (Å²) >= 11 is 0. The summed E-state index contributed by atoms with van der Waals surface area (Å²) in [7, 11) is 0. The smallest absolute Gasteiger partial charge is 0.306 e. The first-order chi connectivity index (χ1) is 14.1. The predicted molar refractivity (Wildman–Crippen MR) is 125 cm³/mol. The van der Waals surface area contributed by atoms with Crippen molar-refractivity contribution in [3.8, 4) is 0 Å². The fourth-order valence-electron chi connectivity index (χ4n) is 4.17. The van der Waals surface area contributed by atoms with E-state index in [0.717, 1.165) is 44.9 Å². The molecule has 0 aromatic carbocycles. The molecule has 0 fully saturated rings. The summed E-state index contributed by atoms with van der Waals surface area (Å²) in [4.78, 5) is 11.4. The molecule has 0 aromatic rings. The number of aliphatic carboxylic acids is 1. The third kappa shape index (κ3) is 20.5. The van der Waals surface area contributed by atoms with Gasteiger partial charge in [0, 0.05) is 0 Å². The summed E-state index contributed by atoms with van der Waals surface area (Å²) in [5, 5.41) is 19.4. The molecule has 0 spiro atoms. The molecule has 0 aliphatic carbocycles. The van der Waals surface area contributed by atoms with Gasteiger partial charge in [0.25, 0.3) is 0 Å². The van der Waals surface area contributed by atoms with Gasteiger partial charge in [-0.15, -0.1) is 0 Å². The molecule has 3 nitrogen and oxygen atoms in total. The number of carbonyl (C=O) groups is 1. The molecular weight excluding hydrogens is 360 g/mol. The van der Waals surface area contributed by atoms with Crippen molar-refractivity contribution in [1.82, 2.24) is 0 Å². The Labute approximate surface area is 182 Å². The van der Waals surface area contributed by atoms with Crippen molar-refractivity contribution in [3.63, 3.8) is 0 Å². The van der Waals surface area contributed by atoms with Crippen LogP contribution in [0.15, 0.2) is 0 Å². The molecule has 0 radical (unpaired) electrons. The maximum absolute atomic E-state index is 11.4. The minimum atomic E-state index is -0.591. The number of unbranched alkanes of at least 4 members (excludes halogenated alkanes) is 14. The number of rotatable bonds is 23. The minimum absolute atomic E-state index is 0.0912. The van der Waals surface area contributed by atoms with Crippen molar-refractivity contribution >= 4 is 5.97 Å². The van der Waals surface area contributed by atoms with E-state index in [1.165, 1.54) is 89.9 Å². The van der Waals surface area contributed by atoms with Crippen molar-refractivity contribution in [2.45, 2.75) is 155 Å². The Morgan fingerprint density at radius 2 is 0.862 bits per heavy atom. The second kappa shape index (κ2) is 22.1. The summed E-state index contributed by atoms with van der Waals surface area (Å²) in [5.74, 6) is -0.716. The van der Waals surface area contributed by atoms with Gasteiger partial charge < -0.3 is 10.2 Å². The lowest BCUT2D eigenvalue weighted by atomic mass is 9.94. The molecule has 2 N–H and O–H groups in total. The zero-order valence-electron chi connectivity index (χ0n) is 19.8. The predicted octanol–water partition coefficient (Wildman–Crippen LogP) is 8.28. The largest absolute Gasteiger partial charge is 0.481 e. The lowest BCUT2D eigenvalue weighted by Gasteiger charge is -2.12. The van der Waals surface area contributed by atoms with Gasteiger partial charge in [-0.05, 0) is 25.7 Å². The molecule has 174 valence electrons. The van der Waals surface area contributed by atoms with E-state index in [2.05, 4.69) is 13.8 Å². The fraction of sp³-hybridized carbons (Fsp3) is 0.962. The highest BCUT2D eigenvalue weighted by atomic mass is 16.4. The van der Waals surface area contributed by atoms with Gasteiger partial charge in [-0.1, -0.05) is 123 Å². The van der Waals surface area contributed by atoms with Gasteiger partial charge in [0.2, 0.25) is 0 Å². The number of hydrogen-bond donors (Lipinski definition) is 2. The third-order valence-electron chi connectivity index (χ3n) is 6.24. The van der Waals surface area contributed by atoms with Crippen molar-refractivity contribution in [3.05, 3.63) is 0 Å². The van der Waals surface area contributed by atoms with Crippen LogP contribution in [0.3, 0.4) is 0 Å². The first-order valence-corrected chi connectivity index (χ1v) is 13.0. The summed E-state index contributed by atoms with van der Waals surface area (Å²) in [6, 6.07) is 0. The zero-order chi connectivity index (χ0) is 21.6. The van der Waals surface area contributed by atoms with E-state index >= 15 is 0 Å². The second-order valence-corrected chi connectivity index (χ2v) is 9.15. The first-order valence-electron chi connectivity index (χ1n) is 13.0. The number of carboxylic acids is 1. The van der Waals surface area contributed by atoms with Crippen molar-refractivity contribution in [1.29, 1.82) is 0 Å². The van der Waals surface area contributed by atoms with Gasteiger partial charge in [-0.25, -0.2) is 0 Å². The molecule has 0 bridgehead atoms. The van der Waals surface area contributed by atoms with Gasteiger partial charge in [0.15, 0.2) is 0 Å². The molecular formula is C26H52O3. The van der Waals surface area contributed by atoms with E-state index in [0.29, 0.717) is 0 Å². The first kappa shape index (κ1) is 28.4. The molecule has 0 heterocycles. The van der Waals surface area contributed by atoms with E-state index in [-0.39, 0.29) is 12.0 Å². The molecule has 0 rings (SSSR count). The molecule has 0 saturated heterocycles. The zero-order valence-corrected chi connectivity index (χ0v) is 19.8. The molecule has 0 aliphatic rings. The van der Waals surface area contributed by atoms with Crippen LogP contribution in [0.25, 0.3) is 0 Å². The van der Waals surface area contributed by atoms with E-state index in [1.807, 2.05) is 0 Å². The summed E-state index contributed by atoms with van der Waals surface area (Å²) in [5.41, 5.74) is 0. The molecule has 0 amide bonds. The topological polar surface area (TPSA) is 57.5 Å². The third-order valence-corrected chi connectivity index (χ3v) is 6.24. The van der Waals surface area contributed by atoms with Crippen LogP contribution in [0.5, 0.6) is 0 Å². The molecule has 29 heavy (non-hydrogen) atoms. The summed E-state index contributed by atoms with van der Waals surface area (Å²) in [6.45, 7) is 4.44. The average molecular weight is 413 g/mol. The molecule has 0 saturated carbocycles. The number of hydrogen-bond acceptors (Lipinski definition) is 2. The van der Waals surface area contributed by atoms with Crippen molar-refractivity contribution in [2.24, 2.45) is 5.92 Å². The monoisotopic (exact) mass is 412 g/mol. The van der Waals surface area contributed by atoms with Crippen LogP contribution in [-0.4, -0.2) is 22.3 Å².